The summed E-state index contributed by atoms with van der Waals surface area (Å²) in [5, 5.41) is 20.2. The Morgan fingerprint density at radius 1 is 1.25 bits per heavy atom. The highest BCUT2D eigenvalue weighted by Crippen LogP contribution is 2.50. The zero-order chi connectivity index (χ0) is 20.1. The van der Waals surface area contributed by atoms with Crippen molar-refractivity contribution in [3.05, 3.63) is 53.1 Å². The maximum absolute atomic E-state index is 13.0. The van der Waals surface area contributed by atoms with E-state index >= 15 is 0 Å². The van der Waals surface area contributed by atoms with Gasteiger partial charge in [-0.15, -0.1) is 0 Å². The Morgan fingerprint density at radius 2 is 2.04 bits per heavy atom. The highest BCUT2D eigenvalue weighted by Gasteiger charge is 2.57. The average molecular weight is 383 g/mol. The van der Waals surface area contributed by atoms with E-state index in [4.69, 9.17) is 9.47 Å². The summed E-state index contributed by atoms with van der Waals surface area (Å²) in [4.78, 5) is 26.7. The number of aryl methyl sites for hydroxylation is 1. The highest BCUT2D eigenvalue weighted by molar-refractivity contribution is 5.98. The van der Waals surface area contributed by atoms with Crippen LogP contribution in [0.2, 0.25) is 0 Å². The maximum atomic E-state index is 13.0. The Bertz CT molecular complexity index is 971. The van der Waals surface area contributed by atoms with Crippen LogP contribution in [-0.4, -0.2) is 53.8 Å². The van der Waals surface area contributed by atoms with Crippen molar-refractivity contribution in [3.63, 3.8) is 0 Å². The fraction of sp³-hybridized carbons (Fsp3) is 0.333. The van der Waals surface area contributed by atoms with Gasteiger partial charge in [0.25, 0.3) is 5.91 Å². The fourth-order valence-corrected chi connectivity index (χ4v) is 4.14. The number of carboxylic acids is 1. The monoisotopic (exact) mass is 383 g/mol. The van der Waals surface area contributed by atoms with Crippen molar-refractivity contribution in [2.24, 2.45) is 5.41 Å². The lowest BCUT2D eigenvalue weighted by Gasteiger charge is -2.35. The molecule has 2 aromatic carbocycles. The summed E-state index contributed by atoms with van der Waals surface area (Å²) in [6.07, 6.45) is 0. The van der Waals surface area contributed by atoms with Crippen molar-refractivity contribution < 1.29 is 29.3 Å². The number of hydrogen-bond acceptors (Lipinski definition) is 5. The molecule has 146 valence electrons. The number of carbonyl (C=O) groups is 2. The van der Waals surface area contributed by atoms with Gasteiger partial charge in [-0.2, -0.15) is 0 Å². The van der Waals surface area contributed by atoms with Crippen LogP contribution >= 0.6 is 0 Å². The lowest BCUT2D eigenvalue weighted by atomic mass is 9.73. The van der Waals surface area contributed by atoms with E-state index in [1.165, 1.54) is 11.0 Å². The lowest BCUT2D eigenvalue weighted by molar-refractivity contribution is -0.151. The van der Waals surface area contributed by atoms with Crippen molar-refractivity contribution in [2.75, 3.05) is 26.8 Å². The summed E-state index contributed by atoms with van der Waals surface area (Å²) in [6, 6.07) is 10.1. The number of phenols is 1. The van der Waals surface area contributed by atoms with Crippen LogP contribution in [0.3, 0.4) is 0 Å². The second kappa shape index (κ2) is 6.44. The van der Waals surface area contributed by atoms with Crippen LogP contribution < -0.4 is 9.47 Å². The number of fused-ring (bicyclic) bond motifs is 3. The van der Waals surface area contributed by atoms with E-state index in [-0.39, 0.29) is 36.9 Å². The van der Waals surface area contributed by atoms with Gasteiger partial charge in [-0.3, -0.25) is 9.59 Å². The summed E-state index contributed by atoms with van der Waals surface area (Å²) >= 11 is 0. The zero-order valence-corrected chi connectivity index (χ0v) is 15.6. The third-order valence-corrected chi connectivity index (χ3v) is 5.72. The molecule has 0 saturated carbocycles. The number of aromatic hydroxyl groups is 1. The van der Waals surface area contributed by atoms with Gasteiger partial charge in [0.1, 0.15) is 29.3 Å². The number of amides is 1. The number of carboxylic acid groups (broad SMARTS) is 1. The van der Waals surface area contributed by atoms with Gasteiger partial charge in [0.05, 0.1) is 12.7 Å². The van der Waals surface area contributed by atoms with Gasteiger partial charge < -0.3 is 24.6 Å². The SMILES string of the molecule is COc1ccc2c(c1)OC[C@]1(C(=O)O)CN(C(=O)c3ccc(C)cc3O)CC21. The Kier molecular flexibility index (Phi) is 4.18. The molecule has 2 aromatic rings. The molecule has 4 rings (SSSR count). The van der Waals surface area contributed by atoms with E-state index in [1.54, 1.807) is 37.4 Å². The molecule has 1 saturated heterocycles. The largest absolute Gasteiger partial charge is 0.507 e. The summed E-state index contributed by atoms with van der Waals surface area (Å²) in [5.41, 5.74) is 0.526. The minimum absolute atomic E-state index is 0.0185. The molecule has 2 N–H and O–H groups in total. The van der Waals surface area contributed by atoms with E-state index in [2.05, 4.69) is 0 Å². The first-order valence-corrected chi connectivity index (χ1v) is 8.99. The number of hydrogen-bond donors (Lipinski definition) is 2. The third-order valence-electron chi connectivity index (χ3n) is 5.72. The molecule has 1 unspecified atom stereocenters. The number of aliphatic carboxylic acids is 1. The first-order chi connectivity index (χ1) is 13.4. The Hall–Kier alpha value is -3.22. The number of phenolic OH excluding ortho intramolecular Hbond substituents is 1. The Morgan fingerprint density at radius 3 is 2.71 bits per heavy atom. The van der Waals surface area contributed by atoms with Crippen molar-refractivity contribution >= 4 is 11.9 Å². The second-order valence-corrected chi connectivity index (χ2v) is 7.41. The molecule has 0 bridgehead atoms. The normalized spacial score (nSPS) is 22.8. The number of rotatable bonds is 3. The molecule has 0 spiro atoms. The van der Waals surface area contributed by atoms with Crippen molar-refractivity contribution in [1.29, 1.82) is 0 Å². The van der Waals surface area contributed by atoms with Crippen molar-refractivity contribution in [1.82, 2.24) is 4.90 Å². The maximum Gasteiger partial charge on any atom is 0.315 e. The van der Waals surface area contributed by atoms with E-state index in [0.717, 1.165) is 11.1 Å². The summed E-state index contributed by atoms with van der Waals surface area (Å²) < 4.78 is 11.0. The molecule has 1 fully saturated rings. The van der Waals surface area contributed by atoms with Crippen LogP contribution in [0, 0.1) is 12.3 Å². The predicted molar refractivity (Wildman–Crippen MR) is 100 cm³/mol. The fourth-order valence-electron chi connectivity index (χ4n) is 4.14. The molecule has 0 aromatic heterocycles. The number of benzene rings is 2. The first kappa shape index (κ1) is 18.2. The number of methoxy groups -OCH3 is 1. The third kappa shape index (κ3) is 2.66. The van der Waals surface area contributed by atoms with Crippen molar-refractivity contribution in [2.45, 2.75) is 12.8 Å². The minimum Gasteiger partial charge on any atom is -0.507 e. The molecule has 2 atom stereocenters. The molecule has 7 heteroatoms. The molecule has 1 amide bonds. The Balaban J connectivity index is 1.71. The van der Waals surface area contributed by atoms with E-state index in [1.807, 2.05) is 6.92 Å². The van der Waals surface area contributed by atoms with Gasteiger partial charge in [-0.05, 0) is 30.7 Å². The summed E-state index contributed by atoms with van der Waals surface area (Å²) in [7, 11) is 1.55. The van der Waals surface area contributed by atoms with Gasteiger partial charge in [0.15, 0.2) is 0 Å². The van der Waals surface area contributed by atoms with Gasteiger partial charge in [-0.1, -0.05) is 12.1 Å². The smallest absolute Gasteiger partial charge is 0.315 e. The number of likely N-dealkylation sites (tertiary alicyclic amines) is 1. The molecular weight excluding hydrogens is 362 g/mol. The molecule has 0 radical (unpaired) electrons. The second-order valence-electron chi connectivity index (χ2n) is 7.41. The average Bonchev–Trinajstić information content (AvgIpc) is 3.08. The molecule has 2 heterocycles. The van der Waals surface area contributed by atoms with E-state index < -0.39 is 17.3 Å². The molecular formula is C21H21NO6. The molecule has 7 nitrogen and oxygen atoms in total. The van der Waals surface area contributed by atoms with Crippen LogP contribution in [0.4, 0.5) is 0 Å². The number of nitrogens with zero attached hydrogens (tertiary/aromatic N) is 1. The van der Waals surface area contributed by atoms with Crippen molar-refractivity contribution in [3.8, 4) is 17.2 Å². The standard InChI is InChI=1S/C21H21NO6/c1-12-3-5-15(17(23)7-12)19(24)22-9-16-14-6-4-13(27-2)8-18(14)28-11-21(16,10-22)20(25)26/h3-8,16,23H,9-11H2,1-2H3,(H,25,26)/t16?,21-/m1/s1. The predicted octanol–water partition coefficient (Wildman–Crippen LogP) is 2.41. The van der Waals surface area contributed by atoms with Crippen LogP contribution in [0.1, 0.15) is 27.4 Å². The number of ether oxygens (including phenoxy) is 2. The van der Waals surface area contributed by atoms with Crippen LogP contribution in [0.15, 0.2) is 36.4 Å². The van der Waals surface area contributed by atoms with Crippen LogP contribution in [-0.2, 0) is 4.79 Å². The van der Waals surface area contributed by atoms with Crippen LogP contribution in [0.5, 0.6) is 17.2 Å². The first-order valence-electron chi connectivity index (χ1n) is 8.99. The van der Waals surface area contributed by atoms with Gasteiger partial charge in [-0.25, -0.2) is 0 Å². The molecule has 2 aliphatic rings. The molecule has 0 aliphatic carbocycles. The Labute approximate surface area is 162 Å². The zero-order valence-electron chi connectivity index (χ0n) is 15.6. The summed E-state index contributed by atoms with van der Waals surface area (Å²) in [6.45, 7) is 2.04. The lowest BCUT2D eigenvalue weighted by Crippen LogP contribution is -2.46. The quantitative estimate of drug-likeness (QED) is 0.845. The van der Waals surface area contributed by atoms with Gasteiger partial charge in [0, 0.05) is 30.6 Å². The molecule has 2 aliphatic heterocycles. The highest BCUT2D eigenvalue weighted by atomic mass is 16.5. The van der Waals surface area contributed by atoms with Gasteiger partial charge >= 0.3 is 5.97 Å². The number of carbonyl (C=O) groups excluding carboxylic acids is 1. The van der Waals surface area contributed by atoms with E-state index in [0.29, 0.717) is 11.5 Å². The van der Waals surface area contributed by atoms with Gasteiger partial charge in [0.2, 0.25) is 0 Å². The van der Waals surface area contributed by atoms with Crippen LogP contribution in [0.25, 0.3) is 0 Å². The van der Waals surface area contributed by atoms with E-state index in [9.17, 15) is 19.8 Å². The molecule has 28 heavy (non-hydrogen) atoms. The minimum atomic E-state index is -1.22. The summed E-state index contributed by atoms with van der Waals surface area (Å²) in [5.74, 6) is -0.697. The topological polar surface area (TPSA) is 96.3 Å².